The van der Waals surface area contributed by atoms with Gasteiger partial charge in [-0.15, -0.1) is 0 Å². The standard InChI is InChI=1S/C17H17N3O/c1-13-17-5-4-14(10-18)9-15(17)12-20(7-8-21-13)16-3-2-6-19-11-16/h2-6,9,11,13H,7-8,12H2,1H3. The summed E-state index contributed by atoms with van der Waals surface area (Å²) in [6, 6.07) is 12.0. The van der Waals surface area contributed by atoms with E-state index in [0.717, 1.165) is 29.9 Å². The molecule has 4 heteroatoms. The molecular formula is C17H17N3O. The first-order valence-corrected chi connectivity index (χ1v) is 7.07. The van der Waals surface area contributed by atoms with Gasteiger partial charge >= 0.3 is 0 Å². The zero-order valence-electron chi connectivity index (χ0n) is 12.0. The Morgan fingerprint density at radius 3 is 3.05 bits per heavy atom. The second kappa shape index (κ2) is 5.94. The number of nitriles is 1. The van der Waals surface area contributed by atoms with Crippen LogP contribution in [-0.2, 0) is 11.3 Å². The topological polar surface area (TPSA) is 49.1 Å². The lowest BCUT2D eigenvalue weighted by molar-refractivity contribution is 0.0672. The van der Waals surface area contributed by atoms with Gasteiger partial charge in [-0.25, -0.2) is 0 Å². The Labute approximate surface area is 124 Å². The van der Waals surface area contributed by atoms with Crippen molar-refractivity contribution >= 4 is 5.69 Å². The van der Waals surface area contributed by atoms with Gasteiger partial charge in [-0.3, -0.25) is 4.98 Å². The number of hydrogen-bond donors (Lipinski definition) is 0. The number of nitrogens with zero attached hydrogens (tertiary/aromatic N) is 3. The summed E-state index contributed by atoms with van der Waals surface area (Å²) in [5.41, 5.74) is 4.06. The average Bonchev–Trinajstić information content (AvgIpc) is 2.52. The molecule has 0 bridgehead atoms. The van der Waals surface area contributed by atoms with Crippen LogP contribution in [0, 0.1) is 11.3 Å². The van der Waals surface area contributed by atoms with Crippen molar-refractivity contribution < 1.29 is 4.74 Å². The maximum atomic E-state index is 9.11. The van der Waals surface area contributed by atoms with Gasteiger partial charge in [0.25, 0.3) is 0 Å². The zero-order valence-corrected chi connectivity index (χ0v) is 12.0. The highest BCUT2D eigenvalue weighted by Gasteiger charge is 2.18. The van der Waals surface area contributed by atoms with E-state index in [1.807, 2.05) is 36.5 Å². The van der Waals surface area contributed by atoms with E-state index in [1.54, 1.807) is 6.20 Å². The number of ether oxygens (including phenoxy) is 1. The second-order valence-corrected chi connectivity index (χ2v) is 5.17. The zero-order chi connectivity index (χ0) is 14.7. The number of benzene rings is 1. The fourth-order valence-corrected chi connectivity index (χ4v) is 2.68. The summed E-state index contributed by atoms with van der Waals surface area (Å²) in [6.45, 7) is 4.32. The van der Waals surface area contributed by atoms with E-state index in [-0.39, 0.29) is 6.10 Å². The Hall–Kier alpha value is -2.38. The van der Waals surface area contributed by atoms with Gasteiger partial charge in [-0.1, -0.05) is 6.07 Å². The van der Waals surface area contributed by atoms with Crippen molar-refractivity contribution in [2.45, 2.75) is 19.6 Å². The minimum Gasteiger partial charge on any atom is -0.372 e. The minimum absolute atomic E-state index is 0.0591. The average molecular weight is 279 g/mol. The van der Waals surface area contributed by atoms with Gasteiger partial charge in [0.15, 0.2) is 0 Å². The number of rotatable bonds is 1. The van der Waals surface area contributed by atoms with Gasteiger partial charge in [0.05, 0.1) is 36.2 Å². The fraction of sp³-hybridized carbons (Fsp3) is 0.294. The molecule has 0 fully saturated rings. The number of anilines is 1. The van der Waals surface area contributed by atoms with Crippen LogP contribution in [0.15, 0.2) is 42.7 Å². The molecule has 0 N–H and O–H groups in total. The molecule has 1 aromatic heterocycles. The molecule has 1 atom stereocenters. The van der Waals surface area contributed by atoms with Crippen molar-refractivity contribution in [2.75, 3.05) is 18.1 Å². The van der Waals surface area contributed by atoms with Gasteiger partial charge in [0.1, 0.15) is 0 Å². The Bertz CT molecular complexity index is 663. The van der Waals surface area contributed by atoms with E-state index in [1.165, 1.54) is 0 Å². The third kappa shape index (κ3) is 2.88. The van der Waals surface area contributed by atoms with Gasteiger partial charge in [-0.05, 0) is 42.3 Å². The molecule has 0 amide bonds. The maximum Gasteiger partial charge on any atom is 0.0991 e. The summed E-state index contributed by atoms with van der Waals surface area (Å²) in [5.74, 6) is 0. The smallest absolute Gasteiger partial charge is 0.0991 e. The Kier molecular flexibility index (Phi) is 3.85. The number of aromatic nitrogens is 1. The molecule has 1 aliphatic rings. The van der Waals surface area contributed by atoms with Crippen LogP contribution in [0.5, 0.6) is 0 Å². The van der Waals surface area contributed by atoms with E-state index >= 15 is 0 Å². The molecule has 0 saturated heterocycles. The normalized spacial score (nSPS) is 18.3. The van der Waals surface area contributed by atoms with E-state index < -0.39 is 0 Å². The first-order valence-electron chi connectivity index (χ1n) is 7.07. The SMILES string of the molecule is CC1OCCN(c2cccnc2)Cc2cc(C#N)ccc21. The third-order valence-corrected chi connectivity index (χ3v) is 3.81. The molecule has 1 aromatic carbocycles. The Morgan fingerprint density at radius 1 is 1.38 bits per heavy atom. The van der Waals surface area contributed by atoms with Crippen LogP contribution in [0.3, 0.4) is 0 Å². The number of pyridine rings is 1. The van der Waals surface area contributed by atoms with Gasteiger partial charge in [-0.2, -0.15) is 5.26 Å². The third-order valence-electron chi connectivity index (χ3n) is 3.81. The Morgan fingerprint density at radius 2 is 2.29 bits per heavy atom. The van der Waals surface area contributed by atoms with Crippen LogP contribution >= 0.6 is 0 Å². The van der Waals surface area contributed by atoms with Crippen LogP contribution in [0.1, 0.15) is 29.7 Å². The monoisotopic (exact) mass is 279 g/mol. The maximum absolute atomic E-state index is 9.11. The van der Waals surface area contributed by atoms with Crippen molar-refractivity contribution in [2.24, 2.45) is 0 Å². The van der Waals surface area contributed by atoms with Crippen molar-refractivity contribution in [1.29, 1.82) is 5.26 Å². The van der Waals surface area contributed by atoms with E-state index in [4.69, 9.17) is 10.00 Å². The first-order chi connectivity index (χ1) is 10.3. The van der Waals surface area contributed by atoms with Crippen molar-refractivity contribution in [3.8, 4) is 6.07 Å². The molecule has 2 aromatic rings. The molecule has 0 saturated carbocycles. The molecule has 0 radical (unpaired) electrons. The molecule has 21 heavy (non-hydrogen) atoms. The molecule has 106 valence electrons. The van der Waals surface area contributed by atoms with Crippen LogP contribution < -0.4 is 4.90 Å². The van der Waals surface area contributed by atoms with E-state index in [0.29, 0.717) is 12.2 Å². The molecule has 2 heterocycles. The van der Waals surface area contributed by atoms with Crippen molar-refractivity contribution in [3.63, 3.8) is 0 Å². The minimum atomic E-state index is 0.0591. The van der Waals surface area contributed by atoms with Gasteiger partial charge in [0, 0.05) is 19.3 Å². The molecule has 4 nitrogen and oxygen atoms in total. The number of hydrogen-bond acceptors (Lipinski definition) is 4. The lowest BCUT2D eigenvalue weighted by Gasteiger charge is -2.30. The highest BCUT2D eigenvalue weighted by atomic mass is 16.5. The van der Waals surface area contributed by atoms with Crippen LogP contribution in [0.2, 0.25) is 0 Å². The summed E-state index contributed by atoms with van der Waals surface area (Å²) in [6.07, 6.45) is 3.69. The van der Waals surface area contributed by atoms with Crippen LogP contribution in [-0.4, -0.2) is 18.1 Å². The largest absolute Gasteiger partial charge is 0.372 e. The number of fused-ring (bicyclic) bond motifs is 1. The quantitative estimate of drug-likeness (QED) is 0.805. The summed E-state index contributed by atoms with van der Waals surface area (Å²) in [5, 5.41) is 9.11. The lowest BCUT2D eigenvalue weighted by atomic mass is 9.99. The van der Waals surface area contributed by atoms with Crippen LogP contribution in [0.4, 0.5) is 5.69 Å². The Balaban J connectivity index is 1.98. The molecule has 0 spiro atoms. The van der Waals surface area contributed by atoms with E-state index in [9.17, 15) is 0 Å². The molecule has 0 aliphatic carbocycles. The first kappa shape index (κ1) is 13.6. The molecule has 3 rings (SSSR count). The molecular weight excluding hydrogens is 262 g/mol. The summed E-state index contributed by atoms with van der Waals surface area (Å²) in [4.78, 5) is 6.42. The summed E-state index contributed by atoms with van der Waals surface area (Å²) in [7, 11) is 0. The fourth-order valence-electron chi connectivity index (χ4n) is 2.68. The van der Waals surface area contributed by atoms with E-state index in [2.05, 4.69) is 22.9 Å². The predicted molar refractivity (Wildman–Crippen MR) is 80.8 cm³/mol. The summed E-state index contributed by atoms with van der Waals surface area (Å²) >= 11 is 0. The lowest BCUT2D eigenvalue weighted by Crippen LogP contribution is -2.30. The summed E-state index contributed by atoms with van der Waals surface area (Å²) < 4.78 is 5.89. The highest BCUT2D eigenvalue weighted by molar-refractivity contribution is 5.47. The predicted octanol–water partition coefficient (Wildman–Crippen LogP) is 3.05. The van der Waals surface area contributed by atoms with Gasteiger partial charge < -0.3 is 9.64 Å². The van der Waals surface area contributed by atoms with Crippen LogP contribution in [0.25, 0.3) is 0 Å². The second-order valence-electron chi connectivity index (χ2n) is 5.17. The highest BCUT2D eigenvalue weighted by Crippen LogP contribution is 2.27. The molecule has 1 unspecified atom stereocenters. The van der Waals surface area contributed by atoms with Crippen molar-refractivity contribution in [1.82, 2.24) is 4.98 Å². The van der Waals surface area contributed by atoms with Crippen molar-refractivity contribution in [3.05, 3.63) is 59.4 Å². The van der Waals surface area contributed by atoms with Gasteiger partial charge in [0.2, 0.25) is 0 Å². The molecule has 1 aliphatic heterocycles.